The molecule has 8 nitrogen and oxygen atoms in total. The molecular formula is C14H19N3O5S. The second kappa shape index (κ2) is 6.99. The molecule has 0 spiro atoms. The highest BCUT2D eigenvalue weighted by Crippen LogP contribution is 2.29. The monoisotopic (exact) mass is 341 g/mol. The third-order valence-electron chi connectivity index (χ3n) is 3.11. The summed E-state index contributed by atoms with van der Waals surface area (Å²) in [6.45, 7) is 0.831. The van der Waals surface area contributed by atoms with Crippen molar-refractivity contribution in [2.45, 2.75) is 6.42 Å². The van der Waals surface area contributed by atoms with E-state index in [0.29, 0.717) is 5.75 Å². The average molecular weight is 341 g/mol. The maximum Gasteiger partial charge on any atom is 0.514 e. The molecule has 2 aromatic rings. The van der Waals surface area contributed by atoms with E-state index in [1.165, 1.54) is 0 Å². The van der Waals surface area contributed by atoms with Crippen LogP contribution in [0.4, 0.5) is 4.79 Å². The zero-order valence-electron chi connectivity index (χ0n) is 12.9. The Morgan fingerprint density at radius 2 is 2.09 bits per heavy atom. The zero-order valence-corrected chi connectivity index (χ0v) is 13.7. The number of fused-ring (bicyclic) bond motifs is 1. The number of carbonyl (C=O) groups is 1. The number of aromatic amines is 1. The molecule has 126 valence electrons. The Balaban J connectivity index is 2.19. The van der Waals surface area contributed by atoms with Crippen molar-refractivity contribution in [2.24, 2.45) is 5.14 Å². The van der Waals surface area contributed by atoms with Crippen LogP contribution in [-0.2, 0) is 21.2 Å². The summed E-state index contributed by atoms with van der Waals surface area (Å²) < 4.78 is 31.2. The molecule has 0 saturated carbocycles. The minimum Gasteiger partial charge on any atom is -0.416 e. The van der Waals surface area contributed by atoms with Crippen LogP contribution in [0.2, 0.25) is 0 Å². The number of rotatable bonds is 6. The average Bonchev–Trinajstić information content (AvgIpc) is 2.86. The van der Waals surface area contributed by atoms with E-state index in [1.807, 2.05) is 31.3 Å². The molecule has 0 aliphatic rings. The summed E-state index contributed by atoms with van der Waals surface area (Å²) in [5.41, 5.74) is 1.80. The molecular weight excluding hydrogens is 322 g/mol. The molecule has 0 saturated heterocycles. The summed E-state index contributed by atoms with van der Waals surface area (Å²) in [6.07, 6.45) is 1.50. The van der Waals surface area contributed by atoms with Crippen molar-refractivity contribution in [2.75, 3.05) is 26.6 Å². The highest BCUT2D eigenvalue weighted by molar-refractivity contribution is 7.88. The van der Waals surface area contributed by atoms with Crippen molar-refractivity contribution in [1.29, 1.82) is 0 Å². The van der Waals surface area contributed by atoms with E-state index < -0.39 is 22.1 Å². The third kappa shape index (κ3) is 4.95. The third-order valence-corrected chi connectivity index (χ3v) is 3.56. The largest absolute Gasteiger partial charge is 0.514 e. The minimum absolute atomic E-state index is 0.303. The van der Waals surface area contributed by atoms with Gasteiger partial charge in [0.2, 0.25) is 16.0 Å². The summed E-state index contributed by atoms with van der Waals surface area (Å²) in [6, 6.07) is 5.20. The maximum atomic E-state index is 11.6. The van der Waals surface area contributed by atoms with Crippen LogP contribution >= 0.6 is 0 Å². The number of H-pyrrole nitrogens is 1. The Kier molecular flexibility index (Phi) is 5.24. The fourth-order valence-electron chi connectivity index (χ4n) is 2.10. The van der Waals surface area contributed by atoms with Crippen LogP contribution in [0.25, 0.3) is 10.9 Å². The molecule has 3 N–H and O–H groups in total. The molecule has 0 aliphatic carbocycles. The fraction of sp³-hybridized carbons (Fsp3) is 0.357. The number of benzene rings is 1. The predicted octanol–water partition coefficient (Wildman–Crippen LogP) is 1.03. The van der Waals surface area contributed by atoms with E-state index in [0.717, 1.165) is 29.4 Å². The van der Waals surface area contributed by atoms with Crippen LogP contribution in [0.5, 0.6) is 5.75 Å². The maximum absolute atomic E-state index is 11.6. The van der Waals surface area contributed by atoms with E-state index in [-0.39, 0.29) is 0 Å². The first-order valence-electron chi connectivity index (χ1n) is 6.85. The Morgan fingerprint density at radius 3 is 2.74 bits per heavy atom. The number of aromatic nitrogens is 1. The van der Waals surface area contributed by atoms with Gasteiger partial charge < -0.3 is 19.4 Å². The smallest absolute Gasteiger partial charge is 0.416 e. The molecule has 1 heterocycles. The van der Waals surface area contributed by atoms with E-state index >= 15 is 0 Å². The van der Waals surface area contributed by atoms with Crippen LogP contribution in [0.1, 0.15) is 5.56 Å². The summed E-state index contributed by atoms with van der Waals surface area (Å²) in [7, 11) is 0.0341. The molecule has 0 fully saturated rings. The van der Waals surface area contributed by atoms with Crippen molar-refractivity contribution in [3.8, 4) is 5.75 Å². The number of carbonyl (C=O) groups excluding carboxylic acids is 1. The zero-order chi connectivity index (χ0) is 17.0. The number of hydrogen-bond acceptors (Lipinski definition) is 6. The standard InChI is InChI=1S/C14H19N3O5S/c1-17(2)7-6-10-8-16-11-4-3-5-12(13(10)11)22-14(18)21-9-23(15,19)20/h3-5,8,16H,6-7,9H2,1-2H3,(H2,15,19,20). The number of hydrogen-bond donors (Lipinski definition) is 2. The number of primary sulfonamides is 1. The van der Waals surface area contributed by atoms with Gasteiger partial charge in [-0.05, 0) is 38.2 Å². The van der Waals surface area contributed by atoms with Gasteiger partial charge in [-0.25, -0.2) is 18.4 Å². The van der Waals surface area contributed by atoms with Crippen molar-refractivity contribution >= 4 is 27.1 Å². The summed E-state index contributed by atoms with van der Waals surface area (Å²) >= 11 is 0. The van der Waals surface area contributed by atoms with E-state index in [9.17, 15) is 13.2 Å². The van der Waals surface area contributed by atoms with Gasteiger partial charge in [-0.1, -0.05) is 6.07 Å². The van der Waals surface area contributed by atoms with E-state index in [4.69, 9.17) is 9.88 Å². The van der Waals surface area contributed by atoms with Crippen molar-refractivity contribution in [3.05, 3.63) is 30.0 Å². The molecule has 23 heavy (non-hydrogen) atoms. The molecule has 1 aromatic carbocycles. The molecule has 9 heteroatoms. The van der Waals surface area contributed by atoms with Crippen LogP contribution in [0.15, 0.2) is 24.4 Å². The first-order valence-corrected chi connectivity index (χ1v) is 8.56. The Morgan fingerprint density at radius 1 is 1.35 bits per heavy atom. The van der Waals surface area contributed by atoms with Gasteiger partial charge in [0.15, 0.2) is 0 Å². The Hall–Kier alpha value is -2.10. The van der Waals surface area contributed by atoms with Crippen molar-refractivity contribution in [3.63, 3.8) is 0 Å². The second-order valence-electron chi connectivity index (χ2n) is 5.32. The molecule has 0 amide bonds. The van der Waals surface area contributed by atoms with E-state index in [2.05, 4.69) is 9.72 Å². The SMILES string of the molecule is CN(C)CCc1c[nH]c2cccc(OC(=O)OCS(N)(=O)=O)c12. The number of ether oxygens (including phenoxy) is 2. The summed E-state index contributed by atoms with van der Waals surface area (Å²) in [5, 5.41) is 5.54. The van der Waals surface area contributed by atoms with Gasteiger partial charge in [0.05, 0.1) is 0 Å². The van der Waals surface area contributed by atoms with E-state index in [1.54, 1.807) is 12.1 Å². The molecule has 0 aliphatic heterocycles. The summed E-state index contributed by atoms with van der Waals surface area (Å²) in [5.74, 6) is -0.625. The van der Waals surface area contributed by atoms with Crippen molar-refractivity contribution in [1.82, 2.24) is 9.88 Å². The number of nitrogens with two attached hydrogens (primary N) is 1. The quantitative estimate of drug-likeness (QED) is 0.599. The molecule has 0 unspecified atom stereocenters. The fourth-order valence-corrected chi connectivity index (χ4v) is 2.36. The predicted molar refractivity (Wildman–Crippen MR) is 85.6 cm³/mol. The van der Waals surface area contributed by atoms with Crippen LogP contribution in [0.3, 0.4) is 0 Å². The normalized spacial score (nSPS) is 11.8. The minimum atomic E-state index is -3.90. The number of nitrogens with zero attached hydrogens (tertiary/aromatic N) is 1. The first kappa shape index (κ1) is 17.3. The van der Waals surface area contributed by atoms with Crippen LogP contribution in [0, 0.1) is 0 Å². The van der Waals surface area contributed by atoms with Gasteiger partial charge in [-0.15, -0.1) is 0 Å². The summed E-state index contributed by atoms with van der Waals surface area (Å²) in [4.78, 5) is 16.8. The van der Waals surface area contributed by atoms with Crippen LogP contribution < -0.4 is 9.88 Å². The van der Waals surface area contributed by atoms with Gasteiger partial charge >= 0.3 is 6.16 Å². The number of sulfonamides is 1. The molecule has 0 atom stereocenters. The second-order valence-corrected chi connectivity index (χ2v) is 6.88. The lowest BCUT2D eigenvalue weighted by molar-refractivity contribution is 0.115. The van der Waals surface area contributed by atoms with Gasteiger partial charge in [0, 0.05) is 23.6 Å². The van der Waals surface area contributed by atoms with Gasteiger partial charge in [0.25, 0.3) is 0 Å². The molecule has 0 bridgehead atoms. The lowest BCUT2D eigenvalue weighted by atomic mass is 10.1. The first-order chi connectivity index (χ1) is 10.8. The molecule has 0 radical (unpaired) electrons. The highest BCUT2D eigenvalue weighted by Gasteiger charge is 2.15. The lowest BCUT2D eigenvalue weighted by Crippen LogP contribution is -2.22. The van der Waals surface area contributed by atoms with Gasteiger partial charge in [-0.3, -0.25) is 0 Å². The number of likely N-dealkylation sites (N-methyl/N-ethyl adjacent to an activating group) is 1. The van der Waals surface area contributed by atoms with Crippen molar-refractivity contribution < 1.29 is 22.7 Å². The highest BCUT2D eigenvalue weighted by atomic mass is 32.2. The van der Waals surface area contributed by atoms with Gasteiger partial charge in [0.1, 0.15) is 5.75 Å². The van der Waals surface area contributed by atoms with Gasteiger partial charge in [-0.2, -0.15) is 0 Å². The Bertz CT molecular complexity index is 798. The lowest BCUT2D eigenvalue weighted by Gasteiger charge is -2.10. The Labute approximate surface area is 134 Å². The topological polar surface area (TPSA) is 115 Å². The molecule has 1 aromatic heterocycles. The molecule has 2 rings (SSSR count). The van der Waals surface area contributed by atoms with Crippen LogP contribution in [-0.4, -0.2) is 51.0 Å². The number of nitrogens with one attached hydrogen (secondary N) is 1.